The summed E-state index contributed by atoms with van der Waals surface area (Å²) >= 11 is 0. The Balaban J connectivity index is 1.84. The molecule has 2 aromatic heterocycles. The fourth-order valence-electron chi connectivity index (χ4n) is 2.53. The molecule has 120 valence electrons. The molecule has 7 nitrogen and oxygen atoms in total. The third-order valence-corrected chi connectivity index (χ3v) is 3.85. The van der Waals surface area contributed by atoms with Crippen LogP contribution in [-0.2, 0) is 4.74 Å². The highest BCUT2D eigenvalue weighted by Crippen LogP contribution is 2.28. The molecule has 0 aromatic carbocycles. The summed E-state index contributed by atoms with van der Waals surface area (Å²) < 4.78 is 21.1. The van der Waals surface area contributed by atoms with Gasteiger partial charge in [-0.15, -0.1) is 0 Å². The SMILES string of the molecule is CC(CO)CCNc1nc(F)nc2c1ncn2C1CCCO1. The quantitative estimate of drug-likeness (QED) is 0.790. The largest absolute Gasteiger partial charge is 0.396 e. The second-order valence-corrected chi connectivity index (χ2v) is 5.64. The number of hydrogen-bond donors (Lipinski definition) is 2. The standard InChI is InChI=1S/C14H20FN5O2/c1-9(7-21)4-5-16-12-11-13(19-14(15)18-12)20(8-17-11)10-3-2-6-22-10/h8-10,21H,2-7H2,1H3,(H,16,18,19). The summed E-state index contributed by atoms with van der Waals surface area (Å²) in [5, 5.41) is 12.1. The van der Waals surface area contributed by atoms with E-state index in [2.05, 4.69) is 20.3 Å². The predicted molar refractivity (Wildman–Crippen MR) is 78.9 cm³/mol. The molecule has 3 heterocycles. The Morgan fingerprint density at radius 3 is 3.14 bits per heavy atom. The molecule has 2 atom stereocenters. The molecule has 0 radical (unpaired) electrons. The van der Waals surface area contributed by atoms with Crippen molar-refractivity contribution >= 4 is 17.0 Å². The number of imidazole rings is 1. The normalized spacial score (nSPS) is 19.7. The fraction of sp³-hybridized carbons (Fsp3) is 0.643. The van der Waals surface area contributed by atoms with E-state index < -0.39 is 6.08 Å². The van der Waals surface area contributed by atoms with E-state index in [0.29, 0.717) is 30.1 Å². The minimum Gasteiger partial charge on any atom is -0.396 e. The maximum atomic E-state index is 13.7. The van der Waals surface area contributed by atoms with Crippen molar-refractivity contribution in [3.05, 3.63) is 12.4 Å². The first kappa shape index (κ1) is 15.1. The fourth-order valence-corrected chi connectivity index (χ4v) is 2.53. The first-order valence-electron chi connectivity index (χ1n) is 7.55. The van der Waals surface area contributed by atoms with Gasteiger partial charge >= 0.3 is 6.08 Å². The van der Waals surface area contributed by atoms with E-state index in [9.17, 15) is 4.39 Å². The van der Waals surface area contributed by atoms with Crippen molar-refractivity contribution in [2.24, 2.45) is 5.92 Å². The summed E-state index contributed by atoms with van der Waals surface area (Å²) in [7, 11) is 0. The molecule has 0 amide bonds. The predicted octanol–water partition coefficient (Wildman–Crippen LogP) is 1.70. The highest BCUT2D eigenvalue weighted by molar-refractivity contribution is 5.82. The minimum atomic E-state index is -0.787. The van der Waals surface area contributed by atoms with Crippen LogP contribution < -0.4 is 5.32 Å². The van der Waals surface area contributed by atoms with Crippen LogP contribution in [0.5, 0.6) is 0 Å². The second-order valence-electron chi connectivity index (χ2n) is 5.64. The molecule has 0 aliphatic carbocycles. The zero-order chi connectivity index (χ0) is 15.5. The Hall–Kier alpha value is -1.80. The van der Waals surface area contributed by atoms with Crippen molar-refractivity contribution in [2.75, 3.05) is 25.1 Å². The Bertz CT molecular complexity index is 641. The van der Waals surface area contributed by atoms with Crippen molar-refractivity contribution in [1.29, 1.82) is 0 Å². The number of nitrogens with zero attached hydrogens (tertiary/aromatic N) is 4. The molecular weight excluding hydrogens is 289 g/mol. The van der Waals surface area contributed by atoms with Gasteiger partial charge in [-0.05, 0) is 25.2 Å². The van der Waals surface area contributed by atoms with Crippen LogP contribution in [-0.4, -0.2) is 44.4 Å². The number of fused-ring (bicyclic) bond motifs is 1. The van der Waals surface area contributed by atoms with Gasteiger partial charge in [-0.3, -0.25) is 4.57 Å². The maximum Gasteiger partial charge on any atom is 0.312 e. The van der Waals surface area contributed by atoms with Gasteiger partial charge < -0.3 is 15.2 Å². The highest BCUT2D eigenvalue weighted by Gasteiger charge is 2.22. The van der Waals surface area contributed by atoms with E-state index in [0.717, 1.165) is 19.3 Å². The summed E-state index contributed by atoms with van der Waals surface area (Å²) in [6, 6.07) is 0. The van der Waals surface area contributed by atoms with E-state index in [1.807, 2.05) is 6.92 Å². The van der Waals surface area contributed by atoms with Crippen LogP contribution in [0.3, 0.4) is 0 Å². The van der Waals surface area contributed by atoms with E-state index >= 15 is 0 Å². The number of anilines is 1. The van der Waals surface area contributed by atoms with E-state index in [4.69, 9.17) is 9.84 Å². The Morgan fingerprint density at radius 2 is 2.41 bits per heavy atom. The lowest BCUT2D eigenvalue weighted by atomic mass is 10.1. The van der Waals surface area contributed by atoms with Crippen molar-refractivity contribution < 1.29 is 14.2 Å². The summed E-state index contributed by atoms with van der Waals surface area (Å²) in [6.07, 6.45) is 3.30. The third-order valence-electron chi connectivity index (χ3n) is 3.85. The minimum absolute atomic E-state index is 0.128. The number of halogens is 1. The third kappa shape index (κ3) is 3.02. The Morgan fingerprint density at radius 1 is 1.55 bits per heavy atom. The topological polar surface area (TPSA) is 85.1 Å². The van der Waals surface area contributed by atoms with Crippen LogP contribution in [0.15, 0.2) is 6.33 Å². The Labute approximate surface area is 127 Å². The molecule has 1 saturated heterocycles. The molecule has 8 heteroatoms. The van der Waals surface area contributed by atoms with Crippen molar-refractivity contribution in [2.45, 2.75) is 32.4 Å². The molecule has 0 bridgehead atoms. The van der Waals surface area contributed by atoms with Crippen molar-refractivity contribution in [3.63, 3.8) is 0 Å². The van der Waals surface area contributed by atoms with Gasteiger partial charge in [0.05, 0.1) is 6.33 Å². The van der Waals surface area contributed by atoms with Gasteiger partial charge in [-0.25, -0.2) is 4.98 Å². The molecule has 1 fully saturated rings. The van der Waals surface area contributed by atoms with Crippen LogP contribution in [0.2, 0.25) is 0 Å². The number of aliphatic hydroxyl groups is 1. The van der Waals surface area contributed by atoms with E-state index in [-0.39, 0.29) is 18.8 Å². The average Bonchev–Trinajstić information content (AvgIpc) is 3.15. The van der Waals surface area contributed by atoms with Crippen molar-refractivity contribution in [1.82, 2.24) is 19.5 Å². The summed E-state index contributed by atoms with van der Waals surface area (Å²) in [6.45, 7) is 3.36. The number of aliphatic hydroxyl groups excluding tert-OH is 1. The monoisotopic (exact) mass is 309 g/mol. The van der Waals surface area contributed by atoms with Gasteiger partial charge in [-0.1, -0.05) is 6.92 Å². The van der Waals surface area contributed by atoms with Crippen LogP contribution >= 0.6 is 0 Å². The van der Waals surface area contributed by atoms with E-state index in [1.54, 1.807) is 10.9 Å². The first-order chi connectivity index (χ1) is 10.7. The van der Waals surface area contributed by atoms with Crippen LogP contribution in [0, 0.1) is 12.0 Å². The molecule has 2 aromatic rings. The van der Waals surface area contributed by atoms with Gasteiger partial charge in [0.15, 0.2) is 17.0 Å². The lowest BCUT2D eigenvalue weighted by molar-refractivity contribution is 0.0592. The van der Waals surface area contributed by atoms with Crippen LogP contribution in [0.25, 0.3) is 11.2 Å². The number of rotatable bonds is 6. The Kier molecular flexibility index (Phi) is 4.49. The number of aromatic nitrogens is 4. The molecule has 1 aliphatic rings. The molecule has 0 spiro atoms. The van der Waals surface area contributed by atoms with Gasteiger partial charge in [0, 0.05) is 19.8 Å². The summed E-state index contributed by atoms with van der Waals surface area (Å²) in [4.78, 5) is 12.0. The molecule has 3 rings (SSSR count). The molecule has 2 unspecified atom stereocenters. The van der Waals surface area contributed by atoms with Crippen LogP contribution in [0.4, 0.5) is 10.2 Å². The zero-order valence-corrected chi connectivity index (χ0v) is 12.5. The zero-order valence-electron chi connectivity index (χ0n) is 12.5. The van der Waals surface area contributed by atoms with Gasteiger partial charge in [0.2, 0.25) is 0 Å². The lowest BCUT2D eigenvalue weighted by Gasteiger charge is -2.12. The van der Waals surface area contributed by atoms with Gasteiger partial charge in [0.1, 0.15) is 6.23 Å². The molecule has 1 aliphatic heterocycles. The lowest BCUT2D eigenvalue weighted by Crippen LogP contribution is -2.12. The van der Waals surface area contributed by atoms with Crippen LogP contribution in [0.1, 0.15) is 32.4 Å². The summed E-state index contributed by atoms with van der Waals surface area (Å²) in [5.41, 5.74) is 0.977. The van der Waals surface area contributed by atoms with Gasteiger partial charge in [0.25, 0.3) is 0 Å². The number of hydrogen-bond acceptors (Lipinski definition) is 6. The number of ether oxygens (including phenoxy) is 1. The molecule has 2 N–H and O–H groups in total. The number of nitrogens with one attached hydrogen (secondary N) is 1. The average molecular weight is 309 g/mol. The van der Waals surface area contributed by atoms with Crippen molar-refractivity contribution in [3.8, 4) is 0 Å². The molecule has 22 heavy (non-hydrogen) atoms. The summed E-state index contributed by atoms with van der Waals surface area (Å²) in [5.74, 6) is 0.559. The molecule has 0 saturated carbocycles. The van der Waals surface area contributed by atoms with Gasteiger partial charge in [-0.2, -0.15) is 14.4 Å². The highest BCUT2D eigenvalue weighted by atomic mass is 19.1. The smallest absolute Gasteiger partial charge is 0.312 e. The molecular formula is C14H20FN5O2. The maximum absolute atomic E-state index is 13.7. The first-order valence-corrected chi connectivity index (χ1v) is 7.55. The van der Waals surface area contributed by atoms with E-state index in [1.165, 1.54) is 0 Å². The second kappa shape index (κ2) is 6.53.